The largest absolute Gasteiger partial charge is 0.364 e. The van der Waals surface area contributed by atoms with E-state index in [2.05, 4.69) is 20.1 Å². The second kappa shape index (κ2) is 8.09. The average molecular weight is 415 g/mol. The van der Waals surface area contributed by atoms with Crippen molar-refractivity contribution in [2.75, 3.05) is 18.0 Å². The van der Waals surface area contributed by atoms with Crippen LogP contribution < -0.4 is 10.6 Å². The first-order chi connectivity index (χ1) is 14.4. The van der Waals surface area contributed by atoms with Gasteiger partial charge in [0.25, 0.3) is 5.91 Å². The molecule has 4 rings (SSSR count). The Bertz CT molecular complexity index is 1010. The van der Waals surface area contributed by atoms with Gasteiger partial charge in [-0.05, 0) is 24.5 Å². The lowest BCUT2D eigenvalue weighted by Gasteiger charge is -2.33. The van der Waals surface area contributed by atoms with Crippen molar-refractivity contribution in [2.45, 2.75) is 25.3 Å². The Labute approximate surface area is 170 Å². The first kappa shape index (κ1) is 19.8. The maximum absolute atomic E-state index is 13.6. The lowest BCUT2D eigenvalue weighted by atomic mass is 9.94. The summed E-state index contributed by atoms with van der Waals surface area (Å²) in [6, 6.07) is 0.981. The van der Waals surface area contributed by atoms with Crippen LogP contribution in [0, 0.1) is 17.6 Å². The lowest BCUT2D eigenvalue weighted by molar-refractivity contribution is -0.138. The van der Waals surface area contributed by atoms with Crippen molar-refractivity contribution in [1.82, 2.24) is 20.0 Å². The Balaban J connectivity index is 1.43. The number of nitrogens with zero attached hydrogens (tertiary/aromatic N) is 6. The fraction of sp³-hybridized carbons (Fsp3) is 0.368. The molecule has 1 atom stereocenters. The van der Waals surface area contributed by atoms with Gasteiger partial charge in [-0.1, -0.05) is 0 Å². The number of rotatable bonds is 4. The van der Waals surface area contributed by atoms with Crippen LogP contribution in [0.4, 0.5) is 14.7 Å². The molecule has 1 unspecified atom stereocenters. The molecule has 0 aromatic carbocycles. The summed E-state index contributed by atoms with van der Waals surface area (Å²) in [6.45, 7) is 0.897. The summed E-state index contributed by atoms with van der Waals surface area (Å²) in [4.78, 5) is 37.8. The van der Waals surface area contributed by atoms with Crippen molar-refractivity contribution in [1.29, 1.82) is 0 Å². The molecule has 1 fully saturated rings. The quantitative estimate of drug-likeness (QED) is 0.807. The van der Waals surface area contributed by atoms with Crippen LogP contribution in [0.1, 0.15) is 41.4 Å². The van der Waals surface area contributed by atoms with Gasteiger partial charge < -0.3 is 10.6 Å². The van der Waals surface area contributed by atoms with Crippen LogP contribution >= 0.6 is 0 Å². The van der Waals surface area contributed by atoms with E-state index in [1.807, 2.05) is 0 Å². The van der Waals surface area contributed by atoms with Crippen molar-refractivity contribution >= 4 is 24.0 Å². The van der Waals surface area contributed by atoms with Crippen molar-refractivity contribution in [3.63, 3.8) is 0 Å². The van der Waals surface area contributed by atoms with Crippen molar-refractivity contribution < 1.29 is 18.4 Å². The minimum atomic E-state index is -0.967. The van der Waals surface area contributed by atoms with E-state index in [0.717, 1.165) is 12.4 Å². The first-order valence-electron chi connectivity index (χ1n) is 9.47. The minimum absolute atomic E-state index is 0.143. The van der Waals surface area contributed by atoms with Gasteiger partial charge in [0.1, 0.15) is 5.82 Å². The summed E-state index contributed by atoms with van der Waals surface area (Å²) >= 11 is 0. The van der Waals surface area contributed by atoms with Crippen LogP contribution in [-0.4, -0.2) is 51.1 Å². The van der Waals surface area contributed by atoms with Crippen LogP contribution in [-0.2, 0) is 4.79 Å². The molecular formula is C19H19F2N7O2. The van der Waals surface area contributed by atoms with Gasteiger partial charge in [0.15, 0.2) is 11.5 Å². The number of hydrogen-bond donors (Lipinski definition) is 1. The van der Waals surface area contributed by atoms with Gasteiger partial charge in [-0.2, -0.15) is 5.10 Å². The number of nitrogens with two attached hydrogens (primary N) is 1. The molecule has 156 valence electrons. The number of pyridine rings is 1. The Morgan fingerprint density at radius 3 is 2.60 bits per heavy atom. The molecule has 0 radical (unpaired) electrons. The number of aromatic nitrogens is 3. The van der Waals surface area contributed by atoms with Gasteiger partial charge in [-0.15, -0.1) is 0 Å². The van der Waals surface area contributed by atoms with Crippen LogP contribution in [0.15, 0.2) is 29.8 Å². The normalized spacial score (nSPS) is 19.3. The average Bonchev–Trinajstić information content (AvgIpc) is 3.23. The van der Waals surface area contributed by atoms with E-state index in [1.165, 1.54) is 17.3 Å². The van der Waals surface area contributed by atoms with E-state index in [0.29, 0.717) is 37.9 Å². The zero-order chi connectivity index (χ0) is 21.3. The topological polar surface area (TPSA) is 118 Å². The van der Waals surface area contributed by atoms with Crippen molar-refractivity contribution in [3.8, 4) is 0 Å². The number of carbonyl (C=O) groups is 2. The second-order valence-electron chi connectivity index (χ2n) is 7.16. The highest BCUT2D eigenvalue weighted by molar-refractivity contribution is 5.91. The minimum Gasteiger partial charge on any atom is -0.364 e. The predicted octanol–water partition coefficient (Wildman–Crippen LogP) is 1.42. The predicted molar refractivity (Wildman–Crippen MR) is 102 cm³/mol. The smallest absolute Gasteiger partial charge is 0.270 e. The standard InChI is InChI=1S/C19H19F2N7O2/c20-13-7-12(8-23-9-13)15-1-4-25-28(15)18(30)11-2-5-27(6-3-11)19-24-10-14(21)16(26-19)17(22)29/h4,7-11,15H,1-3,5-6H2,(H2,22,29). The molecule has 0 spiro atoms. The molecule has 2 aliphatic rings. The molecule has 2 N–H and O–H groups in total. The Morgan fingerprint density at radius 2 is 1.90 bits per heavy atom. The third-order valence-corrected chi connectivity index (χ3v) is 5.26. The number of hydrazone groups is 1. The third-order valence-electron chi connectivity index (χ3n) is 5.26. The molecule has 9 nitrogen and oxygen atoms in total. The first-order valence-corrected chi connectivity index (χ1v) is 9.47. The summed E-state index contributed by atoms with van der Waals surface area (Å²) < 4.78 is 27.1. The second-order valence-corrected chi connectivity index (χ2v) is 7.16. The maximum atomic E-state index is 13.6. The monoisotopic (exact) mass is 415 g/mol. The molecule has 2 amide bonds. The Hall–Kier alpha value is -3.50. The van der Waals surface area contributed by atoms with Crippen LogP contribution in [0.25, 0.3) is 0 Å². The Kier molecular flexibility index (Phi) is 5.34. The third kappa shape index (κ3) is 3.82. The summed E-state index contributed by atoms with van der Waals surface area (Å²) in [6.07, 6.45) is 6.71. The van der Waals surface area contributed by atoms with Gasteiger partial charge in [0.05, 0.1) is 18.4 Å². The summed E-state index contributed by atoms with van der Waals surface area (Å²) in [7, 11) is 0. The van der Waals surface area contributed by atoms with E-state index < -0.39 is 23.2 Å². The van der Waals surface area contributed by atoms with Gasteiger partial charge >= 0.3 is 0 Å². The fourth-order valence-electron chi connectivity index (χ4n) is 3.71. The molecule has 2 aliphatic heterocycles. The zero-order valence-electron chi connectivity index (χ0n) is 15.9. The molecule has 0 saturated carbocycles. The molecule has 2 aromatic heterocycles. The summed E-state index contributed by atoms with van der Waals surface area (Å²) in [5.41, 5.74) is 5.27. The molecule has 0 aliphatic carbocycles. The molecule has 11 heteroatoms. The van der Waals surface area contributed by atoms with Crippen LogP contribution in [0.5, 0.6) is 0 Å². The number of halogens is 2. The van der Waals surface area contributed by atoms with E-state index in [-0.39, 0.29) is 23.8 Å². The van der Waals surface area contributed by atoms with Crippen LogP contribution in [0.3, 0.4) is 0 Å². The zero-order valence-corrected chi connectivity index (χ0v) is 15.9. The number of amides is 2. The van der Waals surface area contributed by atoms with E-state index >= 15 is 0 Å². The number of anilines is 1. The molecular weight excluding hydrogens is 396 g/mol. The van der Waals surface area contributed by atoms with Gasteiger partial charge in [0.2, 0.25) is 11.9 Å². The molecule has 1 saturated heterocycles. The highest BCUT2D eigenvalue weighted by atomic mass is 19.1. The molecule has 30 heavy (non-hydrogen) atoms. The molecule has 0 bridgehead atoms. The van der Waals surface area contributed by atoms with E-state index in [1.54, 1.807) is 11.1 Å². The maximum Gasteiger partial charge on any atom is 0.270 e. The van der Waals surface area contributed by atoms with Crippen molar-refractivity contribution in [3.05, 3.63) is 47.5 Å². The Morgan fingerprint density at radius 1 is 1.13 bits per heavy atom. The number of hydrogen-bond acceptors (Lipinski definition) is 7. The van der Waals surface area contributed by atoms with Gasteiger partial charge in [-0.3, -0.25) is 14.6 Å². The molecule has 4 heterocycles. The fourth-order valence-corrected chi connectivity index (χ4v) is 3.71. The SMILES string of the molecule is NC(=O)c1nc(N2CCC(C(=O)N3N=CCC3c3cncc(F)c3)CC2)ncc1F. The van der Waals surface area contributed by atoms with Gasteiger partial charge in [0, 0.05) is 37.8 Å². The summed E-state index contributed by atoms with van der Waals surface area (Å²) in [5, 5.41) is 5.59. The lowest BCUT2D eigenvalue weighted by Crippen LogP contribution is -2.42. The molecule has 2 aromatic rings. The summed E-state index contributed by atoms with van der Waals surface area (Å²) in [5.74, 6) is -2.53. The van der Waals surface area contributed by atoms with Crippen molar-refractivity contribution in [2.24, 2.45) is 16.8 Å². The number of primary amides is 1. The highest BCUT2D eigenvalue weighted by Crippen LogP contribution is 2.32. The van der Waals surface area contributed by atoms with Crippen LogP contribution in [0.2, 0.25) is 0 Å². The number of piperidine rings is 1. The highest BCUT2D eigenvalue weighted by Gasteiger charge is 2.35. The van der Waals surface area contributed by atoms with Gasteiger partial charge in [-0.25, -0.2) is 23.8 Å². The van der Waals surface area contributed by atoms with E-state index in [4.69, 9.17) is 5.73 Å². The van der Waals surface area contributed by atoms with E-state index in [9.17, 15) is 18.4 Å². The number of carbonyl (C=O) groups excluding carboxylic acids is 2.